The molecule has 5 nitrogen and oxygen atoms in total. The van der Waals surface area contributed by atoms with E-state index in [1.165, 1.54) is 24.3 Å². The summed E-state index contributed by atoms with van der Waals surface area (Å²) >= 11 is 1.71. The second-order valence-electron chi connectivity index (χ2n) is 10.7. The van der Waals surface area contributed by atoms with Gasteiger partial charge in [-0.05, 0) is 100 Å². The van der Waals surface area contributed by atoms with E-state index in [0.717, 1.165) is 67.5 Å². The van der Waals surface area contributed by atoms with E-state index in [1.807, 2.05) is 31.2 Å². The monoisotopic (exact) mass is 465 g/mol. The van der Waals surface area contributed by atoms with Crippen LogP contribution in [-0.2, 0) is 17.8 Å². The van der Waals surface area contributed by atoms with Gasteiger partial charge in [0.1, 0.15) is 0 Å². The molecule has 0 aliphatic heterocycles. The van der Waals surface area contributed by atoms with Crippen molar-refractivity contribution in [3.63, 3.8) is 0 Å². The summed E-state index contributed by atoms with van der Waals surface area (Å²) in [4.78, 5) is 30.0. The van der Waals surface area contributed by atoms with E-state index < -0.39 is 0 Å². The third-order valence-corrected chi connectivity index (χ3v) is 8.99. The Morgan fingerprint density at radius 3 is 2.27 bits per heavy atom. The van der Waals surface area contributed by atoms with Gasteiger partial charge >= 0.3 is 0 Å². The van der Waals surface area contributed by atoms with Crippen LogP contribution in [0.2, 0.25) is 0 Å². The van der Waals surface area contributed by atoms with E-state index >= 15 is 0 Å². The van der Waals surface area contributed by atoms with Gasteiger partial charge < -0.3 is 10.6 Å². The number of aromatic nitrogens is 1. The van der Waals surface area contributed by atoms with Gasteiger partial charge in [0.25, 0.3) is 5.91 Å². The molecule has 2 N–H and O–H groups in total. The summed E-state index contributed by atoms with van der Waals surface area (Å²) in [6.45, 7) is 3.23. The molecular weight excluding hydrogens is 430 g/mol. The molecule has 4 aliphatic carbocycles. The Hall–Kier alpha value is -2.21. The van der Waals surface area contributed by atoms with Crippen molar-refractivity contribution in [3.8, 4) is 0 Å². The first-order valence-electron chi connectivity index (χ1n) is 12.6. The van der Waals surface area contributed by atoms with Gasteiger partial charge in [0, 0.05) is 35.1 Å². The van der Waals surface area contributed by atoms with Crippen molar-refractivity contribution in [1.82, 2.24) is 15.6 Å². The molecule has 2 aromatic rings. The van der Waals surface area contributed by atoms with Crippen LogP contribution in [0.4, 0.5) is 0 Å². The number of hydrogen-bond donors (Lipinski definition) is 2. The van der Waals surface area contributed by atoms with Crippen LogP contribution in [0.25, 0.3) is 0 Å². The molecule has 0 saturated heterocycles. The van der Waals surface area contributed by atoms with Crippen molar-refractivity contribution < 1.29 is 9.59 Å². The summed E-state index contributed by atoms with van der Waals surface area (Å²) in [7, 11) is 0. The Balaban J connectivity index is 1.05. The highest BCUT2D eigenvalue weighted by Crippen LogP contribution is 2.60. The molecule has 4 bridgehead atoms. The van der Waals surface area contributed by atoms with Crippen molar-refractivity contribution in [3.05, 3.63) is 51.5 Å². The Morgan fingerprint density at radius 2 is 1.67 bits per heavy atom. The number of carbonyl (C=O) groups is 2. The smallest absolute Gasteiger partial charge is 0.251 e. The van der Waals surface area contributed by atoms with Crippen LogP contribution in [-0.4, -0.2) is 23.3 Å². The lowest BCUT2D eigenvalue weighted by atomic mass is 9.49. The first-order chi connectivity index (χ1) is 16.0. The maximum atomic E-state index is 13.1. The fourth-order valence-electron chi connectivity index (χ4n) is 6.76. The van der Waals surface area contributed by atoms with Crippen molar-refractivity contribution >= 4 is 23.2 Å². The van der Waals surface area contributed by atoms with Gasteiger partial charge in [0.2, 0.25) is 5.91 Å². The minimum absolute atomic E-state index is 0.0377. The van der Waals surface area contributed by atoms with Crippen LogP contribution in [0.1, 0.15) is 78.0 Å². The molecule has 2 amide bonds. The lowest BCUT2D eigenvalue weighted by Crippen LogP contribution is -2.53. The predicted octanol–water partition coefficient (Wildman–Crippen LogP) is 5.04. The summed E-state index contributed by atoms with van der Waals surface area (Å²) in [5.41, 5.74) is 2.69. The Kier molecular flexibility index (Phi) is 6.55. The second kappa shape index (κ2) is 9.57. The van der Waals surface area contributed by atoms with Crippen LogP contribution >= 0.6 is 11.3 Å². The highest BCUT2D eigenvalue weighted by Gasteiger charge is 2.54. The standard InChI is InChI=1S/C27H35N3O2S/c1-18-17-33-24(30-18)4-2-3-9-28-25(31)23-7-5-19(6-8-23)16-29-26(32)27-13-20-10-21(14-27)12-22(11-20)15-27/h5-8,17,20-22H,2-4,9-16H2,1H3,(H,28,31)(H,29,32). The van der Waals surface area contributed by atoms with Gasteiger partial charge in [-0.25, -0.2) is 4.98 Å². The van der Waals surface area contributed by atoms with E-state index in [2.05, 4.69) is 21.0 Å². The average molecular weight is 466 g/mol. The van der Waals surface area contributed by atoms with Crippen LogP contribution < -0.4 is 10.6 Å². The molecule has 4 aliphatic rings. The number of unbranched alkanes of at least 4 members (excludes halogenated alkanes) is 1. The Bertz CT molecular complexity index is 962. The molecule has 1 heterocycles. The van der Waals surface area contributed by atoms with Crippen molar-refractivity contribution in [2.24, 2.45) is 23.2 Å². The first-order valence-corrected chi connectivity index (χ1v) is 13.4. The fraction of sp³-hybridized carbons (Fsp3) is 0.593. The zero-order chi connectivity index (χ0) is 22.8. The number of amides is 2. The van der Waals surface area contributed by atoms with E-state index in [0.29, 0.717) is 18.7 Å². The summed E-state index contributed by atoms with van der Waals surface area (Å²) in [5.74, 6) is 2.55. The maximum absolute atomic E-state index is 13.1. The summed E-state index contributed by atoms with van der Waals surface area (Å²) in [6.07, 6.45) is 10.3. The van der Waals surface area contributed by atoms with E-state index in [4.69, 9.17) is 0 Å². The Labute approximate surface area is 200 Å². The van der Waals surface area contributed by atoms with Gasteiger partial charge in [-0.1, -0.05) is 12.1 Å². The SMILES string of the molecule is Cc1csc(CCCCNC(=O)c2ccc(CNC(=O)C34CC5CC(CC(C5)C3)C4)cc2)n1. The van der Waals surface area contributed by atoms with Crippen LogP contribution in [0.5, 0.6) is 0 Å². The van der Waals surface area contributed by atoms with E-state index in [-0.39, 0.29) is 17.2 Å². The number of nitrogens with one attached hydrogen (secondary N) is 2. The number of hydrogen-bond acceptors (Lipinski definition) is 4. The van der Waals surface area contributed by atoms with Crippen LogP contribution in [0.15, 0.2) is 29.6 Å². The molecule has 4 saturated carbocycles. The quantitative estimate of drug-likeness (QED) is 0.510. The molecule has 0 atom stereocenters. The highest BCUT2D eigenvalue weighted by atomic mass is 32.1. The normalized spacial score (nSPS) is 27.5. The van der Waals surface area contributed by atoms with Gasteiger partial charge in [0.15, 0.2) is 0 Å². The molecule has 0 spiro atoms. The minimum atomic E-state index is -0.104. The number of carbonyl (C=O) groups excluding carboxylic acids is 2. The summed E-state index contributed by atoms with van der Waals surface area (Å²) in [6, 6.07) is 7.64. The topological polar surface area (TPSA) is 71.1 Å². The number of aryl methyl sites for hydroxylation is 2. The number of benzene rings is 1. The third kappa shape index (κ3) is 5.16. The maximum Gasteiger partial charge on any atom is 0.251 e. The van der Waals surface area contributed by atoms with Gasteiger partial charge in [-0.2, -0.15) is 0 Å². The molecule has 1 aromatic heterocycles. The van der Waals surface area contributed by atoms with Crippen molar-refractivity contribution in [2.45, 2.75) is 71.3 Å². The lowest BCUT2D eigenvalue weighted by Gasteiger charge is -2.55. The lowest BCUT2D eigenvalue weighted by molar-refractivity contribution is -0.146. The van der Waals surface area contributed by atoms with Gasteiger partial charge in [0.05, 0.1) is 5.01 Å². The number of thiazole rings is 1. The zero-order valence-electron chi connectivity index (χ0n) is 19.6. The van der Waals surface area contributed by atoms with Crippen LogP contribution in [0.3, 0.4) is 0 Å². The minimum Gasteiger partial charge on any atom is -0.352 e. The molecule has 4 fully saturated rings. The van der Waals surface area contributed by atoms with Crippen LogP contribution in [0, 0.1) is 30.1 Å². The second-order valence-corrected chi connectivity index (χ2v) is 11.6. The largest absolute Gasteiger partial charge is 0.352 e. The van der Waals surface area contributed by atoms with Gasteiger partial charge in [-0.3, -0.25) is 9.59 Å². The first kappa shape index (κ1) is 22.6. The average Bonchev–Trinajstić information content (AvgIpc) is 3.21. The highest BCUT2D eigenvalue weighted by molar-refractivity contribution is 7.09. The Morgan fingerprint density at radius 1 is 1.00 bits per heavy atom. The third-order valence-electron chi connectivity index (χ3n) is 7.96. The molecular formula is C27H35N3O2S. The van der Waals surface area contributed by atoms with E-state index in [9.17, 15) is 9.59 Å². The molecule has 1 aromatic carbocycles. The van der Waals surface area contributed by atoms with Crippen molar-refractivity contribution in [1.29, 1.82) is 0 Å². The molecule has 176 valence electrons. The molecule has 6 rings (SSSR count). The summed E-state index contributed by atoms with van der Waals surface area (Å²) in [5, 5.41) is 9.48. The zero-order valence-corrected chi connectivity index (χ0v) is 20.4. The molecule has 6 heteroatoms. The fourth-order valence-corrected chi connectivity index (χ4v) is 7.57. The molecule has 0 radical (unpaired) electrons. The number of nitrogens with zero attached hydrogens (tertiary/aromatic N) is 1. The predicted molar refractivity (Wildman–Crippen MR) is 131 cm³/mol. The molecule has 33 heavy (non-hydrogen) atoms. The van der Waals surface area contributed by atoms with E-state index in [1.54, 1.807) is 11.3 Å². The summed E-state index contributed by atoms with van der Waals surface area (Å²) < 4.78 is 0. The van der Waals surface area contributed by atoms with Crippen molar-refractivity contribution in [2.75, 3.05) is 6.54 Å². The number of rotatable bonds is 9. The van der Waals surface area contributed by atoms with Gasteiger partial charge in [-0.15, -0.1) is 11.3 Å². The molecule has 0 unspecified atom stereocenters.